The van der Waals surface area contributed by atoms with Crippen LogP contribution in [-0.4, -0.2) is 29.8 Å². The van der Waals surface area contributed by atoms with E-state index in [9.17, 15) is 0 Å². The predicted octanol–water partition coefficient (Wildman–Crippen LogP) is 2.29. The zero-order valence-electron chi connectivity index (χ0n) is 11.7. The first kappa shape index (κ1) is 13.0. The van der Waals surface area contributed by atoms with Crippen LogP contribution in [0.3, 0.4) is 0 Å². The Morgan fingerprint density at radius 3 is 2.70 bits per heavy atom. The average molecular weight is 290 g/mol. The van der Waals surface area contributed by atoms with Gasteiger partial charge in [-0.25, -0.2) is 9.50 Å². The van der Waals surface area contributed by atoms with Gasteiger partial charge in [-0.1, -0.05) is 11.8 Å². The molecule has 0 amide bonds. The maximum absolute atomic E-state index is 5.41. The minimum absolute atomic E-state index is 0.00462. The third-order valence-electron chi connectivity index (χ3n) is 2.77. The summed E-state index contributed by atoms with van der Waals surface area (Å²) in [6, 6.07) is 1.97. The summed E-state index contributed by atoms with van der Waals surface area (Å²) in [4.78, 5) is 8.79. The van der Waals surface area contributed by atoms with Crippen LogP contribution in [0.25, 0.3) is 5.78 Å². The summed E-state index contributed by atoms with van der Waals surface area (Å²) in [5.41, 5.74) is 1.94. The molecule has 7 nitrogen and oxygen atoms in total. The molecule has 0 aliphatic heterocycles. The third-order valence-corrected chi connectivity index (χ3v) is 3.71. The van der Waals surface area contributed by atoms with Gasteiger partial charge in [-0.15, -0.1) is 15.3 Å². The molecule has 0 fully saturated rings. The molecule has 3 aromatic heterocycles. The lowest BCUT2D eigenvalue weighted by Gasteiger charge is -2.01. The maximum atomic E-state index is 5.41. The monoisotopic (exact) mass is 290 g/mol. The zero-order chi connectivity index (χ0) is 14.3. The van der Waals surface area contributed by atoms with Crippen LogP contribution >= 0.6 is 11.8 Å². The number of aryl methyl sites for hydroxylation is 3. The van der Waals surface area contributed by atoms with Crippen molar-refractivity contribution < 1.29 is 4.42 Å². The van der Waals surface area contributed by atoms with Gasteiger partial charge in [0.25, 0.3) is 5.78 Å². The van der Waals surface area contributed by atoms with Gasteiger partial charge in [-0.05, 0) is 26.8 Å². The van der Waals surface area contributed by atoms with Crippen LogP contribution in [0.2, 0.25) is 0 Å². The topological polar surface area (TPSA) is 82.0 Å². The normalized spacial score (nSPS) is 13.0. The SMILES string of the molecule is Cc1cc(C)n2nc(SC(C)c3nnc(C)o3)nc2n1. The summed E-state index contributed by atoms with van der Waals surface area (Å²) in [5.74, 6) is 1.75. The second-order valence-corrected chi connectivity index (χ2v) is 5.87. The Morgan fingerprint density at radius 2 is 2.00 bits per heavy atom. The van der Waals surface area contributed by atoms with Gasteiger partial charge in [0.15, 0.2) is 0 Å². The van der Waals surface area contributed by atoms with Crippen molar-refractivity contribution in [2.24, 2.45) is 0 Å². The number of fused-ring (bicyclic) bond motifs is 1. The Bertz CT molecular complexity index is 764. The molecule has 0 saturated carbocycles. The fourth-order valence-electron chi connectivity index (χ4n) is 1.88. The van der Waals surface area contributed by atoms with Crippen LogP contribution < -0.4 is 0 Å². The number of aromatic nitrogens is 6. The fourth-order valence-corrected chi connectivity index (χ4v) is 2.66. The lowest BCUT2D eigenvalue weighted by Crippen LogP contribution is -1.97. The van der Waals surface area contributed by atoms with Crippen molar-refractivity contribution in [2.45, 2.75) is 38.1 Å². The van der Waals surface area contributed by atoms with Gasteiger partial charge in [0.2, 0.25) is 16.9 Å². The summed E-state index contributed by atoms with van der Waals surface area (Å²) in [5, 5.41) is 12.9. The first-order chi connectivity index (χ1) is 9.52. The minimum Gasteiger partial charge on any atom is -0.424 e. The molecule has 0 N–H and O–H groups in total. The quantitative estimate of drug-likeness (QED) is 0.684. The van der Waals surface area contributed by atoms with E-state index in [1.165, 1.54) is 11.8 Å². The van der Waals surface area contributed by atoms with Gasteiger partial charge in [0, 0.05) is 18.3 Å². The van der Waals surface area contributed by atoms with E-state index in [1.54, 1.807) is 11.4 Å². The highest BCUT2D eigenvalue weighted by atomic mass is 32.2. The summed E-state index contributed by atoms with van der Waals surface area (Å²) < 4.78 is 7.15. The van der Waals surface area contributed by atoms with Gasteiger partial charge in [0.05, 0.1) is 5.25 Å². The Labute approximate surface area is 119 Å². The fraction of sp³-hybridized carbons (Fsp3) is 0.417. The van der Waals surface area contributed by atoms with Crippen LogP contribution in [0.1, 0.15) is 35.3 Å². The molecule has 1 atom stereocenters. The van der Waals surface area contributed by atoms with Crippen molar-refractivity contribution in [3.8, 4) is 0 Å². The van der Waals surface area contributed by atoms with E-state index < -0.39 is 0 Å². The van der Waals surface area contributed by atoms with Crippen LogP contribution in [0.5, 0.6) is 0 Å². The van der Waals surface area contributed by atoms with Crippen molar-refractivity contribution >= 4 is 17.5 Å². The molecule has 8 heteroatoms. The van der Waals surface area contributed by atoms with Crippen molar-refractivity contribution in [1.29, 1.82) is 0 Å². The molecular weight excluding hydrogens is 276 g/mol. The largest absolute Gasteiger partial charge is 0.424 e. The Balaban J connectivity index is 1.89. The lowest BCUT2D eigenvalue weighted by molar-refractivity contribution is 0.470. The Morgan fingerprint density at radius 1 is 1.20 bits per heavy atom. The second-order valence-electron chi connectivity index (χ2n) is 4.56. The molecule has 3 heterocycles. The maximum Gasteiger partial charge on any atom is 0.253 e. The third kappa shape index (κ3) is 2.38. The number of hydrogen-bond donors (Lipinski definition) is 0. The van der Waals surface area contributed by atoms with Crippen LogP contribution in [0.15, 0.2) is 15.6 Å². The lowest BCUT2D eigenvalue weighted by atomic mass is 10.4. The molecule has 0 saturated heterocycles. The minimum atomic E-state index is -0.00462. The molecule has 0 bridgehead atoms. The number of hydrogen-bond acceptors (Lipinski definition) is 7. The summed E-state index contributed by atoms with van der Waals surface area (Å²) in [6.45, 7) is 7.68. The molecule has 1 unspecified atom stereocenters. The molecule has 0 spiro atoms. The van der Waals surface area contributed by atoms with E-state index in [0.717, 1.165) is 11.4 Å². The van der Waals surface area contributed by atoms with Crippen molar-refractivity contribution in [1.82, 2.24) is 29.8 Å². The highest BCUT2D eigenvalue weighted by Gasteiger charge is 2.17. The van der Waals surface area contributed by atoms with Crippen molar-refractivity contribution in [3.63, 3.8) is 0 Å². The Hall–Kier alpha value is -1.96. The molecule has 3 rings (SSSR count). The first-order valence-electron chi connectivity index (χ1n) is 6.20. The molecule has 20 heavy (non-hydrogen) atoms. The van der Waals surface area contributed by atoms with Crippen LogP contribution in [-0.2, 0) is 0 Å². The van der Waals surface area contributed by atoms with Crippen molar-refractivity contribution in [3.05, 3.63) is 29.2 Å². The summed E-state index contributed by atoms with van der Waals surface area (Å²) >= 11 is 1.47. The van der Waals surface area contributed by atoms with Crippen LogP contribution in [0, 0.1) is 20.8 Å². The highest BCUT2D eigenvalue weighted by Crippen LogP contribution is 2.32. The smallest absolute Gasteiger partial charge is 0.253 e. The molecule has 0 aromatic carbocycles. The highest BCUT2D eigenvalue weighted by molar-refractivity contribution is 7.99. The molecular formula is C12H14N6OS. The van der Waals surface area contributed by atoms with Gasteiger partial charge in [0.1, 0.15) is 0 Å². The number of rotatable bonds is 3. The van der Waals surface area contributed by atoms with E-state index in [1.807, 2.05) is 26.8 Å². The van der Waals surface area contributed by atoms with Gasteiger partial charge in [-0.2, -0.15) is 4.98 Å². The van der Waals surface area contributed by atoms with E-state index in [4.69, 9.17) is 4.42 Å². The number of thioether (sulfide) groups is 1. The van der Waals surface area contributed by atoms with Gasteiger partial charge >= 0.3 is 0 Å². The Kier molecular flexibility index (Phi) is 3.17. The van der Waals surface area contributed by atoms with Crippen LogP contribution in [0.4, 0.5) is 0 Å². The molecule has 0 radical (unpaired) electrons. The van der Waals surface area contributed by atoms with E-state index in [-0.39, 0.29) is 5.25 Å². The predicted molar refractivity (Wildman–Crippen MR) is 73.6 cm³/mol. The van der Waals surface area contributed by atoms with Gasteiger partial charge in [-0.3, -0.25) is 0 Å². The second kappa shape index (κ2) is 4.86. The van der Waals surface area contributed by atoms with Crippen molar-refractivity contribution in [2.75, 3.05) is 0 Å². The average Bonchev–Trinajstić information content (AvgIpc) is 2.95. The van der Waals surface area contributed by atoms with E-state index in [0.29, 0.717) is 22.7 Å². The summed E-state index contributed by atoms with van der Waals surface area (Å²) in [6.07, 6.45) is 0. The molecule has 0 aliphatic rings. The molecule has 0 aliphatic carbocycles. The molecule has 3 aromatic rings. The van der Waals surface area contributed by atoms with E-state index >= 15 is 0 Å². The zero-order valence-corrected chi connectivity index (χ0v) is 12.5. The van der Waals surface area contributed by atoms with Gasteiger partial charge < -0.3 is 4.42 Å². The number of nitrogens with zero attached hydrogens (tertiary/aromatic N) is 6. The standard InChI is InChI=1S/C12H14N6OS/c1-6-5-7(2)18-11(13-6)14-12(17-18)20-8(3)10-16-15-9(4)19-10/h5,8H,1-4H3. The van der Waals surface area contributed by atoms with E-state index in [2.05, 4.69) is 25.3 Å². The molecule has 104 valence electrons. The first-order valence-corrected chi connectivity index (χ1v) is 7.08. The summed E-state index contributed by atoms with van der Waals surface area (Å²) in [7, 11) is 0.